The van der Waals surface area contributed by atoms with Gasteiger partial charge in [0.1, 0.15) is 5.52 Å². The molecule has 2 aromatic rings. The van der Waals surface area contributed by atoms with Crippen LogP contribution in [0.25, 0.3) is 17.1 Å². The van der Waals surface area contributed by atoms with Gasteiger partial charge in [-0.2, -0.15) is 0 Å². The molecule has 0 radical (unpaired) electrons. The van der Waals surface area contributed by atoms with E-state index < -0.39 is 0 Å². The van der Waals surface area contributed by atoms with E-state index in [0.29, 0.717) is 13.2 Å². The molecular weight excluding hydrogens is 254 g/mol. The number of carbonyl (C=O) groups is 1. The first-order valence-electron chi connectivity index (χ1n) is 6.46. The lowest BCUT2D eigenvalue weighted by atomic mass is 10.1. The van der Waals surface area contributed by atoms with Crippen LogP contribution in [0.15, 0.2) is 30.9 Å². The Kier molecular flexibility index (Phi) is 4.30. The minimum Gasteiger partial charge on any atom is -0.463 e. The number of carbonyl (C=O) groups excluding carboxylic acids is 1. The Balaban J connectivity index is 2.35. The summed E-state index contributed by atoms with van der Waals surface area (Å²) in [5.41, 5.74) is 3.70. The second-order valence-electron chi connectivity index (χ2n) is 4.29. The summed E-state index contributed by atoms with van der Waals surface area (Å²) in [7, 11) is 0. The third kappa shape index (κ3) is 2.77. The second kappa shape index (κ2) is 6.14. The van der Waals surface area contributed by atoms with Crippen LogP contribution in [0.3, 0.4) is 0 Å². The number of hydrogen-bond donors (Lipinski definition) is 0. The molecule has 0 saturated heterocycles. The van der Waals surface area contributed by atoms with Gasteiger partial charge in [0.25, 0.3) is 0 Å². The average molecular weight is 271 g/mol. The third-order valence-electron chi connectivity index (χ3n) is 2.97. The van der Waals surface area contributed by atoms with E-state index in [1.54, 1.807) is 23.8 Å². The zero-order valence-corrected chi connectivity index (χ0v) is 11.7. The molecule has 0 unspecified atom stereocenters. The predicted octanol–water partition coefficient (Wildman–Crippen LogP) is 2.50. The highest BCUT2D eigenvalue weighted by Crippen LogP contribution is 2.20. The maximum atomic E-state index is 11.3. The number of ether oxygens (including phenoxy) is 1. The van der Waals surface area contributed by atoms with Crippen LogP contribution >= 0.6 is 0 Å². The topological polar surface area (TPSA) is 57.0 Å². The highest BCUT2D eigenvalue weighted by Gasteiger charge is 2.08. The quantitative estimate of drug-likeness (QED) is 0.476. The third-order valence-corrected chi connectivity index (χ3v) is 2.97. The molecule has 0 aliphatic rings. The predicted molar refractivity (Wildman–Crippen MR) is 78.1 cm³/mol. The Morgan fingerprint density at radius 1 is 1.50 bits per heavy atom. The van der Waals surface area contributed by atoms with E-state index >= 15 is 0 Å². The summed E-state index contributed by atoms with van der Waals surface area (Å²) in [6.07, 6.45) is 4.93. The molecule has 0 amide bonds. The number of fused-ring (bicyclic) bond motifs is 1. The van der Waals surface area contributed by atoms with Crippen molar-refractivity contribution < 1.29 is 9.53 Å². The van der Waals surface area contributed by atoms with Crippen molar-refractivity contribution in [1.82, 2.24) is 15.0 Å². The van der Waals surface area contributed by atoms with Crippen LogP contribution in [0.4, 0.5) is 0 Å². The van der Waals surface area contributed by atoms with Crippen molar-refractivity contribution in [3.8, 4) is 0 Å². The first-order chi connectivity index (χ1) is 9.67. The number of hydrogen-bond acceptors (Lipinski definition) is 4. The molecule has 1 aromatic heterocycles. The fourth-order valence-corrected chi connectivity index (χ4v) is 1.97. The average Bonchev–Trinajstić information content (AvgIpc) is 2.83. The Bertz CT molecular complexity index is 671. The van der Waals surface area contributed by atoms with Crippen LogP contribution in [0, 0.1) is 6.92 Å². The molecule has 0 saturated carbocycles. The lowest BCUT2D eigenvalue weighted by Gasteiger charge is -2.02. The van der Waals surface area contributed by atoms with E-state index in [9.17, 15) is 4.79 Å². The summed E-state index contributed by atoms with van der Waals surface area (Å²) in [4.78, 5) is 11.3. The normalized spacial score (nSPS) is 11.1. The molecule has 0 fully saturated rings. The number of esters is 1. The molecule has 0 aliphatic heterocycles. The number of rotatable bonds is 5. The largest absolute Gasteiger partial charge is 0.463 e. The van der Waals surface area contributed by atoms with Crippen molar-refractivity contribution in [2.24, 2.45) is 0 Å². The Morgan fingerprint density at radius 3 is 3.00 bits per heavy atom. The Morgan fingerprint density at radius 2 is 2.30 bits per heavy atom. The van der Waals surface area contributed by atoms with Crippen LogP contribution in [-0.2, 0) is 16.1 Å². The highest BCUT2D eigenvalue weighted by atomic mass is 16.5. The van der Waals surface area contributed by atoms with Crippen molar-refractivity contribution in [3.05, 3.63) is 42.0 Å². The minimum absolute atomic E-state index is 0.345. The van der Waals surface area contributed by atoms with Gasteiger partial charge in [0.15, 0.2) is 0 Å². The van der Waals surface area contributed by atoms with Gasteiger partial charge in [-0.3, -0.25) is 0 Å². The molecule has 1 aromatic carbocycles. The molecule has 2 rings (SSSR count). The first kappa shape index (κ1) is 14.0. The van der Waals surface area contributed by atoms with Crippen molar-refractivity contribution >= 4 is 23.1 Å². The standard InChI is InChI=1S/C15H17N3O2/c1-4-10-18-13-8-6-12(7-9-14(19)20-5-2)11(3)15(13)16-17-18/h4,6-9H,1,5,10H2,2-3H3/b9-7+. The lowest BCUT2D eigenvalue weighted by Crippen LogP contribution is -1.99. The number of aryl methyl sites for hydroxylation is 1. The molecule has 20 heavy (non-hydrogen) atoms. The summed E-state index contributed by atoms with van der Waals surface area (Å²) in [6.45, 7) is 8.43. The summed E-state index contributed by atoms with van der Waals surface area (Å²) in [5, 5.41) is 8.27. The van der Waals surface area contributed by atoms with Crippen molar-refractivity contribution in [2.75, 3.05) is 6.61 Å². The van der Waals surface area contributed by atoms with Crippen LogP contribution < -0.4 is 0 Å². The van der Waals surface area contributed by atoms with Crippen LogP contribution in [0.5, 0.6) is 0 Å². The van der Waals surface area contributed by atoms with E-state index in [-0.39, 0.29) is 5.97 Å². The first-order valence-corrected chi connectivity index (χ1v) is 6.46. The zero-order chi connectivity index (χ0) is 14.5. The van der Waals surface area contributed by atoms with Gasteiger partial charge in [-0.05, 0) is 37.1 Å². The second-order valence-corrected chi connectivity index (χ2v) is 4.29. The maximum absolute atomic E-state index is 11.3. The fraction of sp³-hybridized carbons (Fsp3) is 0.267. The van der Waals surface area contributed by atoms with Crippen LogP contribution in [0.1, 0.15) is 18.1 Å². The summed E-state index contributed by atoms with van der Waals surface area (Å²) < 4.78 is 6.64. The smallest absolute Gasteiger partial charge is 0.330 e. The minimum atomic E-state index is -0.345. The van der Waals surface area contributed by atoms with E-state index in [2.05, 4.69) is 16.9 Å². The van der Waals surface area contributed by atoms with Gasteiger partial charge in [-0.1, -0.05) is 17.4 Å². The van der Waals surface area contributed by atoms with Gasteiger partial charge in [0, 0.05) is 6.08 Å². The molecule has 0 atom stereocenters. The molecule has 5 nitrogen and oxygen atoms in total. The number of allylic oxidation sites excluding steroid dienone is 1. The van der Waals surface area contributed by atoms with Gasteiger partial charge in [0.05, 0.1) is 18.7 Å². The van der Waals surface area contributed by atoms with Gasteiger partial charge < -0.3 is 4.74 Å². The van der Waals surface area contributed by atoms with Crippen molar-refractivity contribution in [3.63, 3.8) is 0 Å². The van der Waals surface area contributed by atoms with Crippen molar-refractivity contribution in [2.45, 2.75) is 20.4 Å². The lowest BCUT2D eigenvalue weighted by molar-refractivity contribution is -0.137. The van der Waals surface area contributed by atoms with Gasteiger partial charge in [-0.25, -0.2) is 9.48 Å². The monoisotopic (exact) mass is 271 g/mol. The highest BCUT2D eigenvalue weighted by molar-refractivity contribution is 5.89. The van der Waals surface area contributed by atoms with E-state index in [4.69, 9.17) is 4.74 Å². The van der Waals surface area contributed by atoms with Gasteiger partial charge in [-0.15, -0.1) is 11.7 Å². The fourth-order valence-electron chi connectivity index (χ4n) is 1.97. The van der Waals surface area contributed by atoms with E-state index in [1.807, 2.05) is 19.1 Å². The number of benzene rings is 1. The Labute approximate surface area is 117 Å². The molecule has 104 valence electrons. The van der Waals surface area contributed by atoms with Crippen LogP contribution in [-0.4, -0.2) is 27.6 Å². The number of nitrogens with zero attached hydrogens (tertiary/aromatic N) is 3. The Hall–Kier alpha value is -2.43. The maximum Gasteiger partial charge on any atom is 0.330 e. The summed E-state index contributed by atoms with van der Waals surface area (Å²) >= 11 is 0. The summed E-state index contributed by atoms with van der Waals surface area (Å²) in [5.74, 6) is -0.345. The molecule has 0 N–H and O–H groups in total. The van der Waals surface area contributed by atoms with E-state index in [1.165, 1.54) is 6.08 Å². The molecule has 0 aliphatic carbocycles. The van der Waals surface area contributed by atoms with Gasteiger partial charge in [0.2, 0.25) is 0 Å². The molecule has 0 bridgehead atoms. The molecule has 1 heterocycles. The molecule has 0 spiro atoms. The molecule has 5 heteroatoms. The van der Waals surface area contributed by atoms with E-state index in [0.717, 1.165) is 22.2 Å². The van der Waals surface area contributed by atoms with Crippen LogP contribution in [0.2, 0.25) is 0 Å². The van der Waals surface area contributed by atoms with Crippen molar-refractivity contribution in [1.29, 1.82) is 0 Å². The van der Waals surface area contributed by atoms with Gasteiger partial charge >= 0.3 is 5.97 Å². The molecular formula is C15H17N3O2. The number of aromatic nitrogens is 3. The zero-order valence-electron chi connectivity index (χ0n) is 11.7. The SMILES string of the molecule is C=CCn1nnc2c(C)c(/C=C/C(=O)OCC)ccc21. The summed E-state index contributed by atoms with van der Waals surface area (Å²) in [6, 6.07) is 3.88.